The van der Waals surface area contributed by atoms with Gasteiger partial charge in [0.25, 0.3) is 0 Å². The van der Waals surface area contributed by atoms with Gasteiger partial charge in [0.2, 0.25) is 0 Å². The Kier molecular flexibility index (Phi) is 4.23. The molecule has 1 aliphatic carbocycles. The average molecular weight is 251 g/mol. The first-order valence-corrected chi connectivity index (χ1v) is 6.75. The highest BCUT2D eigenvalue weighted by Gasteiger charge is 2.23. The van der Waals surface area contributed by atoms with E-state index in [0.717, 1.165) is 11.8 Å². The highest BCUT2D eigenvalue weighted by atomic mass is 19.1. The molecule has 1 aromatic rings. The van der Waals surface area contributed by atoms with E-state index in [1.165, 1.54) is 37.5 Å². The Morgan fingerprint density at radius 3 is 2.56 bits per heavy atom. The summed E-state index contributed by atoms with van der Waals surface area (Å²) in [6, 6.07) is 4.58. The summed E-state index contributed by atoms with van der Waals surface area (Å²) in [5, 5.41) is 13.1. The monoisotopic (exact) mass is 251 g/mol. The Morgan fingerprint density at radius 1 is 1.22 bits per heavy atom. The third-order valence-corrected chi connectivity index (χ3v) is 3.80. The number of benzene rings is 1. The van der Waals surface area contributed by atoms with Crippen LogP contribution in [0.2, 0.25) is 0 Å². The molecule has 1 aliphatic rings. The molecule has 2 nitrogen and oxygen atoms in total. The van der Waals surface area contributed by atoms with Gasteiger partial charge in [0.15, 0.2) is 0 Å². The van der Waals surface area contributed by atoms with Crippen molar-refractivity contribution in [1.29, 1.82) is 0 Å². The Balaban J connectivity index is 1.92. The highest BCUT2D eigenvalue weighted by Crippen LogP contribution is 2.29. The van der Waals surface area contributed by atoms with Crippen molar-refractivity contribution in [3.8, 4) is 5.75 Å². The lowest BCUT2D eigenvalue weighted by Gasteiger charge is -2.32. The number of phenolic OH excluding ortho intramolecular Hbond substituents is 1. The van der Waals surface area contributed by atoms with Crippen molar-refractivity contribution in [2.45, 2.75) is 45.7 Å². The van der Waals surface area contributed by atoms with Gasteiger partial charge in [-0.05, 0) is 49.3 Å². The van der Waals surface area contributed by atoms with Gasteiger partial charge in [-0.2, -0.15) is 0 Å². The molecule has 1 fully saturated rings. The predicted octanol–water partition coefficient (Wildman–Crippen LogP) is 3.45. The summed E-state index contributed by atoms with van der Waals surface area (Å²) in [6.07, 6.45) is 3.63. The van der Waals surface area contributed by atoms with E-state index in [2.05, 4.69) is 19.2 Å². The molecule has 2 unspecified atom stereocenters. The van der Waals surface area contributed by atoms with Crippen molar-refractivity contribution in [3.05, 3.63) is 29.6 Å². The Labute approximate surface area is 108 Å². The topological polar surface area (TPSA) is 32.3 Å². The van der Waals surface area contributed by atoms with Crippen molar-refractivity contribution in [1.82, 2.24) is 5.32 Å². The number of hydrogen-bond acceptors (Lipinski definition) is 2. The van der Waals surface area contributed by atoms with E-state index in [4.69, 9.17) is 0 Å². The third kappa shape index (κ3) is 3.45. The normalized spacial score (nSPS) is 28.3. The van der Waals surface area contributed by atoms with E-state index >= 15 is 0 Å². The minimum atomic E-state index is -0.296. The van der Waals surface area contributed by atoms with Crippen LogP contribution in [0.3, 0.4) is 0 Å². The number of rotatable bonds is 3. The van der Waals surface area contributed by atoms with Gasteiger partial charge in [0.05, 0.1) is 0 Å². The molecule has 100 valence electrons. The maximum atomic E-state index is 13.1. The van der Waals surface area contributed by atoms with Crippen LogP contribution in [0.25, 0.3) is 0 Å². The molecule has 3 heteroatoms. The summed E-state index contributed by atoms with van der Waals surface area (Å²) < 4.78 is 13.1. The lowest BCUT2D eigenvalue weighted by molar-refractivity contribution is 0.237. The van der Waals surface area contributed by atoms with E-state index in [0.29, 0.717) is 18.2 Å². The molecule has 2 N–H and O–H groups in total. The number of hydrogen-bond donors (Lipinski definition) is 2. The van der Waals surface area contributed by atoms with Crippen molar-refractivity contribution in [2.75, 3.05) is 0 Å². The standard InChI is InChI=1S/C15H22FNO/c1-10-5-11(2)7-14(6-10)17-9-12-8-13(16)3-4-15(12)18/h3-4,8,10-11,14,17-18H,5-7,9H2,1-2H3. The van der Waals surface area contributed by atoms with Crippen LogP contribution >= 0.6 is 0 Å². The Hall–Kier alpha value is -1.09. The summed E-state index contributed by atoms with van der Waals surface area (Å²) >= 11 is 0. The van der Waals surface area contributed by atoms with Gasteiger partial charge in [0, 0.05) is 18.2 Å². The van der Waals surface area contributed by atoms with E-state index in [-0.39, 0.29) is 11.6 Å². The van der Waals surface area contributed by atoms with Crippen molar-refractivity contribution in [2.24, 2.45) is 11.8 Å². The lowest BCUT2D eigenvalue weighted by Crippen LogP contribution is -2.35. The second kappa shape index (κ2) is 5.70. The molecular formula is C15H22FNO. The molecule has 0 amide bonds. The van der Waals surface area contributed by atoms with Crippen LogP contribution < -0.4 is 5.32 Å². The smallest absolute Gasteiger partial charge is 0.123 e. The van der Waals surface area contributed by atoms with E-state index in [1.54, 1.807) is 0 Å². The van der Waals surface area contributed by atoms with E-state index < -0.39 is 0 Å². The minimum absolute atomic E-state index is 0.167. The zero-order valence-electron chi connectivity index (χ0n) is 11.1. The predicted molar refractivity (Wildman–Crippen MR) is 70.9 cm³/mol. The first-order valence-electron chi connectivity index (χ1n) is 6.75. The zero-order chi connectivity index (χ0) is 13.1. The second-order valence-electron chi connectivity index (χ2n) is 5.77. The fourth-order valence-electron chi connectivity index (χ4n) is 3.06. The summed E-state index contributed by atoms with van der Waals surface area (Å²) in [5.41, 5.74) is 0.640. The summed E-state index contributed by atoms with van der Waals surface area (Å²) in [5.74, 6) is 1.36. The number of nitrogens with one attached hydrogen (secondary N) is 1. The second-order valence-corrected chi connectivity index (χ2v) is 5.77. The van der Waals surface area contributed by atoms with E-state index in [9.17, 15) is 9.50 Å². The minimum Gasteiger partial charge on any atom is -0.508 e. The molecule has 1 saturated carbocycles. The molecule has 0 bridgehead atoms. The van der Waals surface area contributed by atoms with Gasteiger partial charge in [-0.25, -0.2) is 4.39 Å². The molecule has 0 heterocycles. The maximum Gasteiger partial charge on any atom is 0.123 e. The fraction of sp³-hybridized carbons (Fsp3) is 0.600. The number of phenols is 1. The first kappa shape index (κ1) is 13.3. The largest absolute Gasteiger partial charge is 0.508 e. The molecule has 0 saturated heterocycles. The van der Waals surface area contributed by atoms with Crippen molar-refractivity contribution < 1.29 is 9.50 Å². The maximum absolute atomic E-state index is 13.1. The molecule has 2 atom stereocenters. The molecule has 0 radical (unpaired) electrons. The van der Waals surface area contributed by atoms with Gasteiger partial charge in [-0.15, -0.1) is 0 Å². The average Bonchev–Trinajstić information content (AvgIpc) is 2.29. The van der Waals surface area contributed by atoms with Gasteiger partial charge in [-0.1, -0.05) is 13.8 Å². The zero-order valence-corrected chi connectivity index (χ0v) is 11.1. The van der Waals surface area contributed by atoms with Gasteiger partial charge >= 0.3 is 0 Å². The van der Waals surface area contributed by atoms with E-state index in [1.807, 2.05) is 0 Å². The Bertz CT molecular complexity index is 397. The fourth-order valence-corrected chi connectivity index (χ4v) is 3.06. The number of halogens is 1. The molecule has 0 aliphatic heterocycles. The number of aromatic hydroxyl groups is 1. The van der Waals surface area contributed by atoms with Crippen LogP contribution in [0.5, 0.6) is 5.75 Å². The van der Waals surface area contributed by atoms with Crippen LogP contribution in [-0.2, 0) is 6.54 Å². The SMILES string of the molecule is CC1CC(C)CC(NCc2cc(F)ccc2O)C1. The molecule has 2 rings (SSSR count). The van der Waals surface area contributed by atoms with Crippen LogP contribution in [0.1, 0.15) is 38.7 Å². The summed E-state index contributed by atoms with van der Waals surface area (Å²) in [6.45, 7) is 5.10. The van der Waals surface area contributed by atoms with Crippen LogP contribution in [0.15, 0.2) is 18.2 Å². The third-order valence-electron chi connectivity index (χ3n) is 3.80. The van der Waals surface area contributed by atoms with Gasteiger partial charge in [0.1, 0.15) is 11.6 Å². The molecule has 18 heavy (non-hydrogen) atoms. The van der Waals surface area contributed by atoms with Crippen LogP contribution in [-0.4, -0.2) is 11.1 Å². The van der Waals surface area contributed by atoms with Crippen molar-refractivity contribution >= 4 is 0 Å². The summed E-state index contributed by atoms with van der Waals surface area (Å²) in [7, 11) is 0. The van der Waals surface area contributed by atoms with Crippen LogP contribution in [0.4, 0.5) is 4.39 Å². The van der Waals surface area contributed by atoms with Crippen molar-refractivity contribution in [3.63, 3.8) is 0 Å². The first-order chi connectivity index (χ1) is 8.54. The van der Waals surface area contributed by atoms with Crippen LogP contribution in [0, 0.1) is 17.7 Å². The van der Waals surface area contributed by atoms with Gasteiger partial charge < -0.3 is 10.4 Å². The molecule has 1 aromatic carbocycles. The quantitative estimate of drug-likeness (QED) is 0.862. The highest BCUT2D eigenvalue weighted by molar-refractivity contribution is 5.32. The molecule has 0 spiro atoms. The molecule has 0 aromatic heterocycles. The summed E-state index contributed by atoms with van der Waals surface area (Å²) in [4.78, 5) is 0. The molecular weight excluding hydrogens is 229 g/mol. The Morgan fingerprint density at radius 2 is 1.89 bits per heavy atom. The lowest BCUT2D eigenvalue weighted by atomic mass is 9.80. The van der Waals surface area contributed by atoms with Gasteiger partial charge in [-0.3, -0.25) is 0 Å².